The van der Waals surface area contributed by atoms with Gasteiger partial charge in [-0.3, -0.25) is 4.79 Å². The lowest BCUT2D eigenvalue weighted by atomic mass is 10.1. The van der Waals surface area contributed by atoms with E-state index in [0.717, 1.165) is 0 Å². The van der Waals surface area contributed by atoms with Gasteiger partial charge in [-0.2, -0.15) is 0 Å². The number of carbonyl (C=O) groups excluding carboxylic acids is 1. The summed E-state index contributed by atoms with van der Waals surface area (Å²) in [5, 5.41) is 2.79. The Morgan fingerprint density at radius 1 is 1.42 bits per heavy atom. The first kappa shape index (κ1) is 17.5. The van der Waals surface area contributed by atoms with Crippen LogP contribution in [0, 0.1) is 0 Å². The minimum absolute atomic E-state index is 0. The fraction of sp³-hybridized carbons (Fsp3) is 0.462. The summed E-state index contributed by atoms with van der Waals surface area (Å²) in [6, 6.07) is 5.02. The van der Waals surface area contributed by atoms with E-state index >= 15 is 0 Å². The van der Waals surface area contributed by atoms with Crippen LogP contribution in [0.5, 0.6) is 11.5 Å². The number of amides is 1. The third kappa shape index (κ3) is 4.96. The molecule has 0 unspecified atom stereocenters. The molecule has 0 aliphatic carbocycles. The second kappa shape index (κ2) is 8.61. The summed E-state index contributed by atoms with van der Waals surface area (Å²) in [6.07, 6.45) is 0. The molecule has 3 N–H and O–H groups in total. The highest BCUT2D eigenvalue weighted by molar-refractivity contribution is 5.95. The molecule has 0 saturated heterocycles. The van der Waals surface area contributed by atoms with Gasteiger partial charge in [0.05, 0.1) is 13.7 Å². The number of hydrogen-bond donors (Lipinski definition) is 2. The Labute approximate surface area is 119 Å². The fourth-order valence-electron chi connectivity index (χ4n) is 1.45. The topological polar surface area (TPSA) is 73.6 Å². The maximum Gasteiger partial charge on any atom is 0.251 e. The van der Waals surface area contributed by atoms with Gasteiger partial charge in [-0.15, -0.1) is 12.4 Å². The van der Waals surface area contributed by atoms with Crippen LogP contribution in [0.25, 0.3) is 0 Å². The van der Waals surface area contributed by atoms with Gasteiger partial charge in [0.1, 0.15) is 0 Å². The van der Waals surface area contributed by atoms with E-state index in [0.29, 0.717) is 30.2 Å². The highest BCUT2D eigenvalue weighted by Gasteiger charge is 2.12. The predicted octanol–water partition coefficient (Wildman–Crippen LogP) is 1.59. The second-order valence-corrected chi connectivity index (χ2v) is 3.91. The first-order chi connectivity index (χ1) is 8.62. The van der Waals surface area contributed by atoms with E-state index in [1.165, 1.54) is 0 Å². The van der Waals surface area contributed by atoms with Gasteiger partial charge in [-0.1, -0.05) is 0 Å². The van der Waals surface area contributed by atoms with Crippen molar-refractivity contribution in [2.45, 2.75) is 19.9 Å². The normalized spacial score (nSPS) is 11.2. The zero-order valence-electron chi connectivity index (χ0n) is 11.4. The van der Waals surface area contributed by atoms with Gasteiger partial charge in [0.2, 0.25) is 0 Å². The molecule has 0 saturated carbocycles. The van der Waals surface area contributed by atoms with E-state index in [1.807, 2.05) is 13.8 Å². The lowest BCUT2D eigenvalue weighted by Crippen LogP contribution is -2.37. The van der Waals surface area contributed by atoms with Crippen molar-refractivity contribution in [1.29, 1.82) is 0 Å². The molecule has 0 spiro atoms. The van der Waals surface area contributed by atoms with Crippen LogP contribution < -0.4 is 20.5 Å². The summed E-state index contributed by atoms with van der Waals surface area (Å²) in [6.45, 7) is 4.69. The molecule has 108 valence electrons. The SMILES string of the molecule is CCOc1ccc(C(=O)N[C@@H](C)CN)cc1OC.Cl. The molecule has 0 radical (unpaired) electrons. The van der Waals surface area contributed by atoms with Gasteiger partial charge in [-0.05, 0) is 32.0 Å². The van der Waals surface area contributed by atoms with Gasteiger partial charge < -0.3 is 20.5 Å². The van der Waals surface area contributed by atoms with Crippen LogP contribution in [-0.4, -0.2) is 32.2 Å². The highest BCUT2D eigenvalue weighted by Crippen LogP contribution is 2.27. The molecule has 1 rings (SSSR count). The van der Waals surface area contributed by atoms with Crippen molar-refractivity contribution in [3.8, 4) is 11.5 Å². The number of halogens is 1. The molecule has 1 amide bonds. The van der Waals surface area contributed by atoms with Crippen molar-refractivity contribution in [3.63, 3.8) is 0 Å². The van der Waals surface area contributed by atoms with Gasteiger partial charge in [-0.25, -0.2) is 0 Å². The van der Waals surface area contributed by atoms with Crippen molar-refractivity contribution in [2.75, 3.05) is 20.3 Å². The van der Waals surface area contributed by atoms with E-state index in [-0.39, 0.29) is 24.4 Å². The monoisotopic (exact) mass is 288 g/mol. The molecule has 0 fully saturated rings. The molecule has 0 heterocycles. The van der Waals surface area contributed by atoms with Crippen LogP contribution in [0.3, 0.4) is 0 Å². The van der Waals surface area contributed by atoms with Gasteiger partial charge in [0.25, 0.3) is 5.91 Å². The Morgan fingerprint density at radius 2 is 2.11 bits per heavy atom. The molecule has 0 aliphatic heterocycles. The summed E-state index contributed by atoms with van der Waals surface area (Å²) >= 11 is 0. The molecule has 1 atom stereocenters. The van der Waals surface area contributed by atoms with Crippen LogP contribution in [-0.2, 0) is 0 Å². The Kier molecular flexibility index (Phi) is 7.95. The molecule has 6 heteroatoms. The average Bonchev–Trinajstić information content (AvgIpc) is 2.39. The predicted molar refractivity (Wildman–Crippen MR) is 77.4 cm³/mol. The van der Waals surface area contributed by atoms with Crippen molar-refractivity contribution < 1.29 is 14.3 Å². The Hall–Kier alpha value is -1.46. The number of methoxy groups -OCH3 is 1. The van der Waals surface area contributed by atoms with Crippen LogP contribution >= 0.6 is 12.4 Å². The van der Waals surface area contributed by atoms with Crippen molar-refractivity contribution in [3.05, 3.63) is 23.8 Å². The number of rotatable bonds is 6. The van der Waals surface area contributed by atoms with Gasteiger partial charge in [0.15, 0.2) is 11.5 Å². The number of nitrogens with two attached hydrogens (primary N) is 1. The molecular formula is C13H21ClN2O3. The van der Waals surface area contributed by atoms with Crippen LogP contribution in [0.1, 0.15) is 24.2 Å². The summed E-state index contributed by atoms with van der Waals surface area (Å²) in [7, 11) is 1.54. The maximum atomic E-state index is 11.9. The number of hydrogen-bond acceptors (Lipinski definition) is 4. The van der Waals surface area contributed by atoms with E-state index in [9.17, 15) is 4.79 Å². The van der Waals surface area contributed by atoms with E-state index in [1.54, 1.807) is 25.3 Å². The Morgan fingerprint density at radius 3 is 2.63 bits per heavy atom. The zero-order chi connectivity index (χ0) is 13.5. The molecule has 5 nitrogen and oxygen atoms in total. The minimum atomic E-state index is -0.172. The first-order valence-corrected chi connectivity index (χ1v) is 5.94. The molecule has 1 aromatic rings. The molecule has 19 heavy (non-hydrogen) atoms. The lowest BCUT2D eigenvalue weighted by molar-refractivity contribution is 0.0941. The maximum absolute atomic E-state index is 11.9. The Bertz CT molecular complexity index is 413. The average molecular weight is 289 g/mol. The van der Waals surface area contributed by atoms with Crippen molar-refractivity contribution in [2.24, 2.45) is 5.73 Å². The molecule has 0 aliphatic rings. The quantitative estimate of drug-likeness (QED) is 0.834. The van der Waals surface area contributed by atoms with Gasteiger partial charge in [0, 0.05) is 18.2 Å². The summed E-state index contributed by atoms with van der Waals surface area (Å²) in [5.41, 5.74) is 5.98. The number of carbonyl (C=O) groups is 1. The second-order valence-electron chi connectivity index (χ2n) is 3.91. The highest BCUT2D eigenvalue weighted by atomic mass is 35.5. The third-order valence-corrected chi connectivity index (χ3v) is 2.46. The third-order valence-electron chi connectivity index (χ3n) is 2.46. The minimum Gasteiger partial charge on any atom is -0.493 e. The Balaban J connectivity index is 0.00000324. The van der Waals surface area contributed by atoms with Crippen molar-refractivity contribution in [1.82, 2.24) is 5.32 Å². The molecule has 0 aromatic heterocycles. The van der Waals surface area contributed by atoms with E-state index in [4.69, 9.17) is 15.2 Å². The van der Waals surface area contributed by atoms with Gasteiger partial charge >= 0.3 is 0 Å². The largest absolute Gasteiger partial charge is 0.493 e. The standard InChI is InChI=1S/C13H20N2O3.ClH/c1-4-18-11-6-5-10(7-12(11)17-3)13(16)15-9(2)8-14;/h5-7,9H,4,8,14H2,1-3H3,(H,15,16);1H/t9-;/m0./s1. The summed E-state index contributed by atoms with van der Waals surface area (Å²) in [4.78, 5) is 11.9. The summed E-state index contributed by atoms with van der Waals surface area (Å²) in [5.74, 6) is 1.00. The number of nitrogens with one attached hydrogen (secondary N) is 1. The molecule has 0 bridgehead atoms. The lowest BCUT2D eigenvalue weighted by Gasteiger charge is -2.13. The molecule has 1 aromatic carbocycles. The van der Waals surface area contributed by atoms with Crippen molar-refractivity contribution >= 4 is 18.3 Å². The zero-order valence-corrected chi connectivity index (χ0v) is 12.3. The summed E-state index contributed by atoms with van der Waals surface area (Å²) < 4.78 is 10.6. The van der Waals surface area contributed by atoms with Crippen LogP contribution in [0.15, 0.2) is 18.2 Å². The number of benzene rings is 1. The first-order valence-electron chi connectivity index (χ1n) is 5.94. The van der Waals surface area contributed by atoms with E-state index in [2.05, 4.69) is 5.32 Å². The smallest absolute Gasteiger partial charge is 0.251 e. The number of ether oxygens (including phenoxy) is 2. The molecular weight excluding hydrogens is 268 g/mol. The van der Waals surface area contributed by atoms with E-state index < -0.39 is 0 Å². The van der Waals surface area contributed by atoms with Crippen LogP contribution in [0.4, 0.5) is 0 Å². The van der Waals surface area contributed by atoms with Crippen LogP contribution in [0.2, 0.25) is 0 Å². The fourth-order valence-corrected chi connectivity index (χ4v) is 1.45.